The van der Waals surface area contributed by atoms with Crippen LogP contribution in [0.25, 0.3) is 0 Å². The minimum Gasteiger partial charge on any atom is -0.480 e. The molecule has 0 radical (unpaired) electrons. The summed E-state index contributed by atoms with van der Waals surface area (Å²) >= 11 is 0. The molecule has 1 N–H and O–H groups in total. The molecule has 0 bridgehead atoms. The Balaban J connectivity index is 1.83. The van der Waals surface area contributed by atoms with Crippen molar-refractivity contribution in [3.63, 3.8) is 0 Å². The number of carboxylic acids is 1. The first-order valence-electron chi connectivity index (χ1n) is 11.8. The van der Waals surface area contributed by atoms with Gasteiger partial charge in [-0.3, -0.25) is 29.0 Å². The third-order valence-electron chi connectivity index (χ3n) is 6.54. The number of imide groups is 2. The molecule has 1 aliphatic heterocycles. The zero-order valence-electron chi connectivity index (χ0n) is 20.4. The van der Waals surface area contributed by atoms with Crippen LogP contribution in [0.5, 0.6) is 0 Å². The van der Waals surface area contributed by atoms with Gasteiger partial charge in [0, 0.05) is 0 Å². The van der Waals surface area contributed by atoms with Gasteiger partial charge in [-0.25, -0.2) is 4.79 Å². The lowest BCUT2D eigenvalue weighted by Crippen LogP contribution is -2.72. The van der Waals surface area contributed by atoms with E-state index in [4.69, 9.17) is 9.84 Å². The van der Waals surface area contributed by atoms with Gasteiger partial charge in [0.2, 0.25) is 17.7 Å². The van der Waals surface area contributed by atoms with Crippen molar-refractivity contribution in [2.45, 2.75) is 45.8 Å². The van der Waals surface area contributed by atoms with E-state index in [1.165, 1.54) is 0 Å². The molecule has 1 unspecified atom stereocenters. The zero-order chi connectivity index (χ0) is 26.3. The van der Waals surface area contributed by atoms with E-state index in [2.05, 4.69) is 0 Å². The lowest BCUT2D eigenvalue weighted by molar-refractivity contribution is -0.225. The Hall–Kier alpha value is -3.85. The number of hydrogen-bond donors (Lipinski definition) is 1. The second-order valence-corrected chi connectivity index (χ2v) is 8.69. The van der Waals surface area contributed by atoms with Crippen LogP contribution in [0.4, 0.5) is 0 Å². The van der Waals surface area contributed by atoms with E-state index in [9.17, 15) is 24.0 Å². The van der Waals surface area contributed by atoms with Gasteiger partial charge in [0.25, 0.3) is 5.91 Å². The average molecular weight is 495 g/mol. The van der Waals surface area contributed by atoms with Crippen LogP contribution in [-0.4, -0.2) is 63.9 Å². The summed E-state index contributed by atoms with van der Waals surface area (Å²) in [5, 5.41) is 9.05. The maximum atomic E-state index is 13.3. The summed E-state index contributed by atoms with van der Waals surface area (Å²) in [7, 11) is 0. The number of carbonyl (C=O) groups excluding carboxylic acids is 4. The second kappa shape index (κ2) is 11.7. The number of amides is 4. The molecule has 1 atom stereocenters. The molecule has 0 aliphatic carbocycles. The Morgan fingerprint density at radius 2 is 1.36 bits per heavy atom. The summed E-state index contributed by atoms with van der Waals surface area (Å²) in [6, 6.07) is 17.6. The summed E-state index contributed by atoms with van der Waals surface area (Å²) in [6.45, 7) is 2.19. The molecule has 0 spiro atoms. The van der Waals surface area contributed by atoms with Crippen molar-refractivity contribution >= 4 is 29.6 Å². The molecule has 0 saturated carbocycles. The molecule has 1 aliphatic rings. The molecule has 9 heteroatoms. The number of nitrogens with zero attached hydrogens (tertiary/aromatic N) is 2. The van der Waals surface area contributed by atoms with E-state index >= 15 is 0 Å². The SMILES string of the molecule is CCC1(CC)C(=O)N(C(=O)CN(C(=O)Cc2ccccc2)C(=O)Cc2ccccc2)C1OCC(=O)O. The number of β-lactam (4-membered cyclic amide) rings is 1. The first-order chi connectivity index (χ1) is 17.2. The molecule has 4 amide bonds. The average Bonchev–Trinajstić information content (AvgIpc) is 2.86. The third-order valence-corrected chi connectivity index (χ3v) is 6.54. The van der Waals surface area contributed by atoms with E-state index in [0.29, 0.717) is 24.0 Å². The van der Waals surface area contributed by atoms with Crippen LogP contribution in [0.3, 0.4) is 0 Å². The van der Waals surface area contributed by atoms with E-state index in [1.54, 1.807) is 74.5 Å². The Morgan fingerprint density at radius 3 is 1.78 bits per heavy atom. The number of carboxylic acid groups (broad SMARTS) is 1. The first kappa shape index (κ1) is 26.7. The van der Waals surface area contributed by atoms with Gasteiger partial charge in [-0.05, 0) is 24.0 Å². The van der Waals surface area contributed by atoms with Gasteiger partial charge >= 0.3 is 5.97 Å². The Bertz CT molecular complexity index is 1060. The summed E-state index contributed by atoms with van der Waals surface area (Å²) in [4.78, 5) is 65.4. The highest BCUT2D eigenvalue weighted by Crippen LogP contribution is 2.45. The third kappa shape index (κ3) is 5.68. The standard InChI is InChI=1S/C27H30N2O7/c1-3-27(4-2)25(35)29(26(27)36-18-24(33)34)23(32)17-28(21(30)15-19-11-7-5-8-12-19)22(31)16-20-13-9-6-10-14-20/h5-14,26H,3-4,15-18H2,1-2H3,(H,33,34). The molecule has 1 fully saturated rings. The summed E-state index contributed by atoms with van der Waals surface area (Å²) in [5.74, 6) is -3.69. The Labute approximate surface area is 209 Å². The van der Waals surface area contributed by atoms with Crippen molar-refractivity contribution in [2.75, 3.05) is 13.2 Å². The molecule has 2 aromatic carbocycles. The molecule has 1 saturated heterocycles. The Morgan fingerprint density at radius 1 is 0.889 bits per heavy atom. The number of carbonyl (C=O) groups is 5. The number of rotatable bonds is 11. The lowest BCUT2D eigenvalue weighted by Gasteiger charge is -2.53. The van der Waals surface area contributed by atoms with Crippen molar-refractivity contribution < 1.29 is 33.8 Å². The topological polar surface area (TPSA) is 121 Å². The first-order valence-corrected chi connectivity index (χ1v) is 11.8. The predicted molar refractivity (Wildman–Crippen MR) is 129 cm³/mol. The van der Waals surface area contributed by atoms with Crippen LogP contribution in [0, 0.1) is 5.41 Å². The van der Waals surface area contributed by atoms with Gasteiger partial charge in [-0.1, -0.05) is 74.5 Å². The fraction of sp³-hybridized carbons (Fsp3) is 0.370. The van der Waals surface area contributed by atoms with Crippen molar-refractivity contribution in [1.82, 2.24) is 9.80 Å². The molecule has 1 heterocycles. The monoisotopic (exact) mass is 494 g/mol. The highest BCUT2D eigenvalue weighted by molar-refractivity contribution is 6.07. The fourth-order valence-corrected chi connectivity index (χ4v) is 4.42. The number of ether oxygens (including phenoxy) is 1. The molecular formula is C27H30N2O7. The largest absolute Gasteiger partial charge is 0.480 e. The van der Waals surface area contributed by atoms with Crippen LogP contribution in [0.2, 0.25) is 0 Å². The second-order valence-electron chi connectivity index (χ2n) is 8.69. The van der Waals surface area contributed by atoms with Crippen LogP contribution in [0.15, 0.2) is 60.7 Å². The van der Waals surface area contributed by atoms with Gasteiger partial charge in [0.05, 0.1) is 18.3 Å². The molecular weight excluding hydrogens is 464 g/mol. The maximum Gasteiger partial charge on any atom is 0.329 e. The number of hydrogen-bond acceptors (Lipinski definition) is 6. The predicted octanol–water partition coefficient (Wildman–Crippen LogP) is 2.43. The maximum absolute atomic E-state index is 13.3. The van der Waals surface area contributed by atoms with E-state index < -0.39 is 54.4 Å². The number of aliphatic carboxylic acids is 1. The molecule has 0 aromatic heterocycles. The van der Waals surface area contributed by atoms with Gasteiger partial charge < -0.3 is 9.84 Å². The summed E-state index contributed by atoms with van der Waals surface area (Å²) in [6.07, 6.45) is -0.594. The lowest BCUT2D eigenvalue weighted by atomic mass is 9.71. The minimum atomic E-state index is -1.24. The van der Waals surface area contributed by atoms with Gasteiger partial charge in [-0.15, -0.1) is 0 Å². The van der Waals surface area contributed by atoms with Crippen LogP contribution in [-0.2, 0) is 41.6 Å². The highest BCUT2D eigenvalue weighted by atomic mass is 16.5. The summed E-state index contributed by atoms with van der Waals surface area (Å²) < 4.78 is 5.43. The van der Waals surface area contributed by atoms with Crippen molar-refractivity contribution in [1.29, 1.82) is 0 Å². The zero-order valence-corrected chi connectivity index (χ0v) is 20.4. The highest BCUT2D eigenvalue weighted by Gasteiger charge is 2.62. The smallest absolute Gasteiger partial charge is 0.329 e. The summed E-state index contributed by atoms with van der Waals surface area (Å²) in [5.41, 5.74) is 0.315. The van der Waals surface area contributed by atoms with Gasteiger partial charge in [0.1, 0.15) is 13.2 Å². The van der Waals surface area contributed by atoms with E-state index in [0.717, 1.165) is 9.80 Å². The van der Waals surface area contributed by atoms with Crippen molar-refractivity contribution in [2.24, 2.45) is 5.41 Å². The van der Waals surface area contributed by atoms with Gasteiger partial charge in [0.15, 0.2) is 6.23 Å². The van der Waals surface area contributed by atoms with Gasteiger partial charge in [-0.2, -0.15) is 0 Å². The number of benzene rings is 2. The van der Waals surface area contributed by atoms with Crippen LogP contribution < -0.4 is 0 Å². The van der Waals surface area contributed by atoms with Crippen LogP contribution in [0.1, 0.15) is 37.8 Å². The van der Waals surface area contributed by atoms with E-state index in [-0.39, 0.29) is 12.8 Å². The van der Waals surface area contributed by atoms with Crippen molar-refractivity contribution in [3.8, 4) is 0 Å². The van der Waals surface area contributed by atoms with Crippen LogP contribution >= 0.6 is 0 Å². The minimum absolute atomic E-state index is 0.102. The van der Waals surface area contributed by atoms with E-state index in [1.807, 2.05) is 0 Å². The molecule has 9 nitrogen and oxygen atoms in total. The molecule has 190 valence electrons. The molecule has 3 rings (SSSR count). The number of likely N-dealkylation sites (tertiary alicyclic amines) is 1. The quantitative estimate of drug-likeness (QED) is 0.476. The normalized spacial score (nSPS) is 16.2. The molecule has 2 aromatic rings. The Kier molecular flexibility index (Phi) is 8.71. The molecule has 36 heavy (non-hydrogen) atoms. The van der Waals surface area contributed by atoms with Crippen molar-refractivity contribution in [3.05, 3.63) is 71.8 Å². The fourth-order valence-electron chi connectivity index (χ4n) is 4.42.